The molecule has 0 aliphatic heterocycles. The predicted molar refractivity (Wildman–Crippen MR) is 75.8 cm³/mol. The molecule has 2 aromatic rings. The number of hydrogen-bond donors (Lipinski definition) is 0. The Kier molecular flexibility index (Phi) is 4.04. The van der Waals surface area contributed by atoms with Crippen LogP contribution in [0.25, 0.3) is 5.69 Å². The minimum Gasteiger partial charge on any atom is -0.465 e. The van der Waals surface area contributed by atoms with Crippen LogP contribution in [0.3, 0.4) is 0 Å². The first-order valence-electron chi connectivity index (χ1n) is 5.72. The van der Waals surface area contributed by atoms with Crippen molar-refractivity contribution in [2.24, 2.45) is 0 Å². The molecule has 0 radical (unpaired) electrons. The van der Waals surface area contributed by atoms with Crippen LogP contribution in [0.5, 0.6) is 0 Å². The van der Waals surface area contributed by atoms with Crippen molar-refractivity contribution in [1.82, 2.24) is 4.57 Å². The summed E-state index contributed by atoms with van der Waals surface area (Å²) in [4.78, 5) is 24.0. The van der Waals surface area contributed by atoms with Crippen LogP contribution in [-0.2, 0) is 4.74 Å². The van der Waals surface area contributed by atoms with Gasteiger partial charge in [0.2, 0.25) is 0 Å². The molecule has 1 aromatic heterocycles. The first-order valence-corrected chi connectivity index (χ1v) is 6.51. The lowest BCUT2D eigenvalue weighted by Gasteiger charge is -2.13. The van der Waals surface area contributed by atoms with Crippen LogP contribution in [0.2, 0.25) is 0 Å². The molecule has 6 heteroatoms. The van der Waals surface area contributed by atoms with E-state index in [-0.39, 0.29) is 5.56 Å². The Morgan fingerprint density at radius 3 is 2.45 bits per heavy atom. The number of halogens is 2. The zero-order valence-corrected chi connectivity index (χ0v) is 12.4. The van der Waals surface area contributed by atoms with Gasteiger partial charge in [0.05, 0.1) is 7.11 Å². The van der Waals surface area contributed by atoms with Crippen LogP contribution < -0.4 is 5.56 Å². The maximum atomic E-state index is 13.0. The van der Waals surface area contributed by atoms with E-state index in [1.807, 2.05) is 0 Å². The second-order valence-corrected chi connectivity index (χ2v) is 4.95. The van der Waals surface area contributed by atoms with Crippen molar-refractivity contribution in [1.29, 1.82) is 0 Å². The minimum atomic E-state index is -0.716. The third kappa shape index (κ3) is 2.51. The highest BCUT2D eigenvalue weighted by Crippen LogP contribution is 2.19. The number of aromatic nitrogens is 1. The average molecular weight is 340 g/mol. The molecule has 4 nitrogen and oxygen atoms in total. The molecule has 1 aromatic carbocycles. The van der Waals surface area contributed by atoms with Gasteiger partial charge in [-0.05, 0) is 53.2 Å². The molecule has 0 saturated heterocycles. The fourth-order valence-corrected chi connectivity index (χ4v) is 2.24. The SMILES string of the molecule is COC(=O)c1cc(Br)c(C)n(-c2ccc(F)cc2)c1=O. The number of carbonyl (C=O) groups excluding carboxylic acids is 1. The molecule has 104 valence electrons. The van der Waals surface area contributed by atoms with Crippen LogP contribution in [0.1, 0.15) is 16.1 Å². The summed E-state index contributed by atoms with van der Waals surface area (Å²) in [6, 6.07) is 6.86. The van der Waals surface area contributed by atoms with Gasteiger partial charge >= 0.3 is 5.97 Å². The number of pyridine rings is 1. The summed E-state index contributed by atoms with van der Waals surface area (Å²) in [6.45, 7) is 1.72. The molecule has 0 amide bonds. The van der Waals surface area contributed by atoms with Gasteiger partial charge in [0.1, 0.15) is 11.4 Å². The molecule has 0 aliphatic carbocycles. The predicted octanol–water partition coefficient (Wildman–Crippen LogP) is 2.83. The Morgan fingerprint density at radius 1 is 1.30 bits per heavy atom. The molecule has 20 heavy (non-hydrogen) atoms. The summed E-state index contributed by atoms with van der Waals surface area (Å²) >= 11 is 3.30. The smallest absolute Gasteiger partial charge is 0.343 e. The topological polar surface area (TPSA) is 48.3 Å². The first kappa shape index (κ1) is 14.5. The van der Waals surface area contributed by atoms with E-state index < -0.39 is 17.3 Å². The van der Waals surface area contributed by atoms with Gasteiger partial charge in [-0.15, -0.1) is 0 Å². The molecule has 0 unspecified atom stereocenters. The Hall–Kier alpha value is -1.95. The minimum absolute atomic E-state index is 0.0886. The quantitative estimate of drug-likeness (QED) is 0.790. The second kappa shape index (κ2) is 5.58. The molecule has 2 rings (SSSR count). The summed E-state index contributed by atoms with van der Waals surface area (Å²) in [5, 5.41) is 0. The molecule has 0 aliphatic rings. The summed E-state index contributed by atoms with van der Waals surface area (Å²) in [7, 11) is 1.21. The van der Waals surface area contributed by atoms with E-state index in [0.29, 0.717) is 15.9 Å². The van der Waals surface area contributed by atoms with Gasteiger partial charge in [-0.1, -0.05) is 0 Å². The van der Waals surface area contributed by atoms with Crippen LogP contribution in [0.4, 0.5) is 4.39 Å². The second-order valence-electron chi connectivity index (χ2n) is 4.10. The summed E-state index contributed by atoms with van der Waals surface area (Å²) in [5.41, 5.74) is 0.480. The maximum absolute atomic E-state index is 13.0. The van der Waals surface area contributed by atoms with Crippen LogP contribution in [0, 0.1) is 12.7 Å². The highest BCUT2D eigenvalue weighted by Gasteiger charge is 2.17. The van der Waals surface area contributed by atoms with Crippen molar-refractivity contribution in [2.75, 3.05) is 7.11 Å². The van der Waals surface area contributed by atoms with E-state index in [1.165, 1.54) is 42.0 Å². The van der Waals surface area contributed by atoms with Gasteiger partial charge in [-0.3, -0.25) is 9.36 Å². The fourth-order valence-electron chi connectivity index (χ4n) is 1.83. The van der Waals surface area contributed by atoms with E-state index >= 15 is 0 Å². The molecular weight excluding hydrogens is 329 g/mol. The van der Waals surface area contributed by atoms with Gasteiger partial charge in [0.15, 0.2) is 0 Å². The third-order valence-corrected chi connectivity index (χ3v) is 3.68. The van der Waals surface area contributed by atoms with Crippen molar-refractivity contribution >= 4 is 21.9 Å². The van der Waals surface area contributed by atoms with Gasteiger partial charge < -0.3 is 4.74 Å². The number of benzene rings is 1. The lowest BCUT2D eigenvalue weighted by Crippen LogP contribution is -2.27. The number of nitrogens with zero attached hydrogens (tertiary/aromatic N) is 1. The van der Waals surface area contributed by atoms with Gasteiger partial charge in [0, 0.05) is 15.9 Å². The molecule has 0 saturated carbocycles. The van der Waals surface area contributed by atoms with Gasteiger partial charge in [0.25, 0.3) is 5.56 Å². The van der Waals surface area contributed by atoms with Crippen LogP contribution in [0.15, 0.2) is 39.6 Å². The van der Waals surface area contributed by atoms with Crippen molar-refractivity contribution in [2.45, 2.75) is 6.92 Å². The monoisotopic (exact) mass is 339 g/mol. The van der Waals surface area contributed by atoms with Crippen molar-refractivity contribution < 1.29 is 13.9 Å². The van der Waals surface area contributed by atoms with Gasteiger partial charge in [-0.2, -0.15) is 0 Å². The van der Waals surface area contributed by atoms with E-state index in [2.05, 4.69) is 20.7 Å². The number of rotatable bonds is 2. The summed E-state index contributed by atoms with van der Waals surface area (Å²) in [6.07, 6.45) is 0. The number of carbonyl (C=O) groups is 1. The third-order valence-electron chi connectivity index (χ3n) is 2.88. The number of methoxy groups -OCH3 is 1. The zero-order chi connectivity index (χ0) is 14.9. The molecular formula is C14H11BrFNO3. The van der Waals surface area contributed by atoms with Crippen molar-refractivity contribution in [3.05, 3.63) is 62.2 Å². The zero-order valence-electron chi connectivity index (χ0n) is 10.8. The summed E-state index contributed by atoms with van der Waals surface area (Å²) in [5.74, 6) is -1.12. The molecule has 0 fully saturated rings. The number of ether oxygens (including phenoxy) is 1. The lowest BCUT2D eigenvalue weighted by molar-refractivity contribution is 0.0598. The van der Waals surface area contributed by atoms with Crippen molar-refractivity contribution in [3.8, 4) is 5.69 Å². The normalized spacial score (nSPS) is 10.4. The molecule has 0 bridgehead atoms. The van der Waals surface area contributed by atoms with E-state index in [1.54, 1.807) is 6.92 Å². The largest absolute Gasteiger partial charge is 0.465 e. The Labute approximate surface area is 122 Å². The number of esters is 1. The van der Waals surface area contributed by atoms with Crippen LogP contribution >= 0.6 is 15.9 Å². The Morgan fingerprint density at radius 2 is 1.90 bits per heavy atom. The highest BCUT2D eigenvalue weighted by atomic mass is 79.9. The lowest BCUT2D eigenvalue weighted by atomic mass is 10.2. The van der Waals surface area contributed by atoms with Crippen molar-refractivity contribution in [3.63, 3.8) is 0 Å². The number of hydrogen-bond acceptors (Lipinski definition) is 3. The van der Waals surface area contributed by atoms with E-state index in [4.69, 9.17) is 0 Å². The highest BCUT2D eigenvalue weighted by molar-refractivity contribution is 9.10. The van der Waals surface area contributed by atoms with E-state index in [0.717, 1.165) is 0 Å². The standard InChI is InChI=1S/C14H11BrFNO3/c1-8-12(15)7-11(14(19)20-2)13(18)17(8)10-5-3-9(16)4-6-10/h3-7H,1-2H3. The average Bonchev–Trinajstić information content (AvgIpc) is 2.44. The fraction of sp³-hybridized carbons (Fsp3) is 0.143. The first-order chi connectivity index (χ1) is 9.45. The Bertz CT molecular complexity index is 722. The molecule has 1 heterocycles. The molecule has 0 atom stereocenters. The summed E-state index contributed by atoms with van der Waals surface area (Å²) < 4.78 is 19.5. The van der Waals surface area contributed by atoms with E-state index in [9.17, 15) is 14.0 Å². The molecule has 0 N–H and O–H groups in total. The molecule has 0 spiro atoms. The maximum Gasteiger partial charge on any atom is 0.343 e. The Balaban J connectivity index is 2.75. The van der Waals surface area contributed by atoms with Crippen LogP contribution in [-0.4, -0.2) is 17.6 Å². The van der Waals surface area contributed by atoms with Gasteiger partial charge in [-0.25, -0.2) is 9.18 Å².